The van der Waals surface area contributed by atoms with Crippen LogP contribution in [-0.4, -0.2) is 14.9 Å². The lowest BCUT2D eigenvalue weighted by atomic mass is 9.89. The second-order valence-electron chi connectivity index (χ2n) is 4.53. The largest absolute Gasteiger partial charge is 0.381 e. The highest BCUT2D eigenvalue weighted by molar-refractivity contribution is 5.34. The van der Waals surface area contributed by atoms with Gasteiger partial charge < -0.3 is 5.11 Å². The number of rotatable bonds is 3. The van der Waals surface area contributed by atoms with Crippen LogP contribution in [0.25, 0.3) is 0 Å². The maximum atomic E-state index is 10.6. The van der Waals surface area contributed by atoms with Gasteiger partial charge in [-0.15, -0.1) is 0 Å². The van der Waals surface area contributed by atoms with Crippen LogP contribution in [0, 0.1) is 6.92 Å². The molecular formula is C14H18N2O. The number of aromatic nitrogens is 2. The summed E-state index contributed by atoms with van der Waals surface area (Å²) in [5.41, 5.74) is 1.88. The molecule has 1 unspecified atom stereocenters. The molecule has 2 rings (SSSR count). The molecule has 0 aliphatic carbocycles. The molecule has 0 fully saturated rings. The Labute approximate surface area is 102 Å². The molecule has 0 aliphatic rings. The normalized spacial score (nSPS) is 14.6. The molecule has 0 bridgehead atoms. The molecule has 0 saturated carbocycles. The molecule has 1 N–H and O–H groups in total. The lowest BCUT2D eigenvalue weighted by Crippen LogP contribution is -2.22. The van der Waals surface area contributed by atoms with E-state index in [1.54, 1.807) is 13.1 Å². The van der Waals surface area contributed by atoms with Crippen LogP contribution in [0.15, 0.2) is 36.7 Å². The van der Waals surface area contributed by atoms with Crippen molar-refractivity contribution in [3.8, 4) is 0 Å². The van der Waals surface area contributed by atoms with E-state index in [0.717, 1.165) is 23.2 Å². The number of aliphatic hydroxyl groups is 1. The molecule has 1 aromatic carbocycles. The van der Waals surface area contributed by atoms with Gasteiger partial charge in [-0.1, -0.05) is 29.8 Å². The Morgan fingerprint density at radius 2 is 2.12 bits per heavy atom. The van der Waals surface area contributed by atoms with Crippen LogP contribution >= 0.6 is 0 Å². The molecule has 3 nitrogen and oxygen atoms in total. The monoisotopic (exact) mass is 230 g/mol. The van der Waals surface area contributed by atoms with E-state index in [2.05, 4.69) is 5.10 Å². The maximum Gasteiger partial charge on any atom is 0.115 e. The van der Waals surface area contributed by atoms with E-state index in [1.807, 2.05) is 49.0 Å². The fraction of sp³-hybridized carbons (Fsp3) is 0.357. The zero-order valence-corrected chi connectivity index (χ0v) is 10.5. The summed E-state index contributed by atoms with van der Waals surface area (Å²) >= 11 is 0. The topological polar surface area (TPSA) is 38.0 Å². The van der Waals surface area contributed by atoms with Crippen molar-refractivity contribution in [3.63, 3.8) is 0 Å². The van der Waals surface area contributed by atoms with Crippen LogP contribution in [0.2, 0.25) is 0 Å². The smallest absolute Gasteiger partial charge is 0.115 e. The van der Waals surface area contributed by atoms with Gasteiger partial charge in [0.25, 0.3) is 0 Å². The summed E-state index contributed by atoms with van der Waals surface area (Å²) in [7, 11) is 0. The summed E-state index contributed by atoms with van der Waals surface area (Å²) in [5, 5.41) is 14.8. The van der Waals surface area contributed by atoms with Crippen LogP contribution < -0.4 is 0 Å². The van der Waals surface area contributed by atoms with Crippen molar-refractivity contribution in [2.45, 2.75) is 32.9 Å². The lowest BCUT2D eigenvalue weighted by molar-refractivity contribution is 0.102. The number of hydrogen-bond donors (Lipinski definition) is 1. The SMILES string of the molecule is CCn1cc(C(C)(O)c2cccc(C)c2)cn1. The molecule has 0 saturated heterocycles. The van der Waals surface area contributed by atoms with Crippen LogP contribution in [-0.2, 0) is 12.1 Å². The zero-order chi connectivity index (χ0) is 12.5. The Bertz CT molecular complexity index is 514. The summed E-state index contributed by atoms with van der Waals surface area (Å²) in [4.78, 5) is 0. The van der Waals surface area contributed by atoms with Crippen molar-refractivity contribution in [2.75, 3.05) is 0 Å². The van der Waals surface area contributed by atoms with Crippen molar-refractivity contribution in [2.24, 2.45) is 0 Å². The van der Waals surface area contributed by atoms with Crippen molar-refractivity contribution in [3.05, 3.63) is 53.3 Å². The summed E-state index contributed by atoms with van der Waals surface area (Å²) in [6, 6.07) is 7.93. The molecule has 1 atom stereocenters. The van der Waals surface area contributed by atoms with E-state index in [9.17, 15) is 5.11 Å². The predicted molar refractivity (Wildman–Crippen MR) is 67.8 cm³/mol. The summed E-state index contributed by atoms with van der Waals surface area (Å²) in [6.45, 7) is 6.66. The lowest BCUT2D eigenvalue weighted by Gasteiger charge is -2.22. The first kappa shape index (κ1) is 11.9. The van der Waals surface area contributed by atoms with Crippen LogP contribution in [0.5, 0.6) is 0 Å². The maximum absolute atomic E-state index is 10.6. The molecule has 17 heavy (non-hydrogen) atoms. The second kappa shape index (κ2) is 4.34. The van der Waals surface area contributed by atoms with Gasteiger partial charge in [-0.3, -0.25) is 4.68 Å². The van der Waals surface area contributed by atoms with Crippen molar-refractivity contribution >= 4 is 0 Å². The minimum Gasteiger partial charge on any atom is -0.381 e. The first-order valence-electron chi connectivity index (χ1n) is 5.86. The molecule has 0 spiro atoms. The van der Waals surface area contributed by atoms with Crippen LogP contribution in [0.1, 0.15) is 30.5 Å². The third-order valence-electron chi connectivity index (χ3n) is 3.10. The Morgan fingerprint density at radius 1 is 1.35 bits per heavy atom. The molecule has 3 heteroatoms. The summed E-state index contributed by atoms with van der Waals surface area (Å²) in [5.74, 6) is 0. The summed E-state index contributed by atoms with van der Waals surface area (Å²) < 4.78 is 1.82. The third kappa shape index (κ3) is 2.24. The highest BCUT2D eigenvalue weighted by atomic mass is 16.3. The number of aryl methyl sites for hydroxylation is 2. The predicted octanol–water partition coefficient (Wildman–Crippen LogP) is 2.47. The second-order valence-corrected chi connectivity index (χ2v) is 4.53. The zero-order valence-electron chi connectivity index (χ0n) is 10.5. The summed E-state index contributed by atoms with van der Waals surface area (Å²) in [6.07, 6.45) is 3.62. The van der Waals surface area contributed by atoms with Gasteiger partial charge >= 0.3 is 0 Å². The minimum atomic E-state index is -0.987. The number of benzene rings is 1. The Hall–Kier alpha value is -1.61. The van der Waals surface area contributed by atoms with Gasteiger partial charge in [0, 0.05) is 18.3 Å². The van der Waals surface area contributed by atoms with E-state index < -0.39 is 5.60 Å². The van der Waals surface area contributed by atoms with Crippen molar-refractivity contribution < 1.29 is 5.11 Å². The Balaban J connectivity index is 2.41. The molecule has 0 aliphatic heterocycles. The first-order valence-corrected chi connectivity index (χ1v) is 5.86. The Morgan fingerprint density at radius 3 is 2.71 bits per heavy atom. The van der Waals surface area contributed by atoms with Gasteiger partial charge in [0.1, 0.15) is 5.60 Å². The van der Waals surface area contributed by atoms with Gasteiger partial charge in [-0.2, -0.15) is 5.10 Å². The minimum absolute atomic E-state index is 0.809. The van der Waals surface area contributed by atoms with Crippen LogP contribution in [0.3, 0.4) is 0 Å². The molecule has 1 aromatic heterocycles. The van der Waals surface area contributed by atoms with Gasteiger partial charge in [-0.25, -0.2) is 0 Å². The molecule has 0 amide bonds. The molecular weight excluding hydrogens is 212 g/mol. The highest BCUT2D eigenvalue weighted by Gasteiger charge is 2.27. The fourth-order valence-electron chi connectivity index (χ4n) is 1.90. The molecule has 2 aromatic rings. The van der Waals surface area contributed by atoms with Gasteiger partial charge in [0.05, 0.1) is 6.20 Å². The van der Waals surface area contributed by atoms with E-state index in [0.29, 0.717) is 0 Å². The van der Waals surface area contributed by atoms with E-state index >= 15 is 0 Å². The average Bonchev–Trinajstić information content (AvgIpc) is 2.78. The molecule has 90 valence electrons. The highest BCUT2D eigenvalue weighted by Crippen LogP contribution is 2.29. The van der Waals surface area contributed by atoms with E-state index in [1.165, 1.54) is 0 Å². The van der Waals surface area contributed by atoms with Crippen molar-refractivity contribution in [1.29, 1.82) is 0 Å². The molecule has 1 heterocycles. The quantitative estimate of drug-likeness (QED) is 0.879. The van der Waals surface area contributed by atoms with Gasteiger partial charge in [0.2, 0.25) is 0 Å². The van der Waals surface area contributed by atoms with Crippen LogP contribution in [0.4, 0.5) is 0 Å². The van der Waals surface area contributed by atoms with E-state index in [4.69, 9.17) is 0 Å². The van der Waals surface area contributed by atoms with Crippen molar-refractivity contribution in [1.82, 2.24) is 9.78 Å². The van der Waals surface area contributed by atoms with E-state index in [-0.39, 0.29) is 0 Å². The van der Waals surface area contributed by atoms with Gasteiger partial charge in [-0.05, 0) is 26.3 Å². The third-order valence-corrected chi connectivity index (χ3v) is 3.10. The van der Waals surface area contributed by atoms with Gasteiger partial charge in [0.15, 0.2) is 0 Å². The first-order chi connectivity index (χ1) is 8.04. The number of hydrogen-bond acceptors (Lipinski definition) is 2. The molecule has 0 radical (unpaired) electrons. The Kier molecular flexibility index (Phi) is 3.03. The average molecular weight is 230 g/mol. The number of nitrogens with zero attached hydrogens (tertiary/aromatic N) is 2. The fourth-order valence-corrected chi connectivity index (χ4v) is 1.90. The standard InChI is InChI=1S/C14H18N2O/c1-4-16-10-13(9-15-16)14(3,17)12-7-5-6-11(2)8-12/h5-10,17H,4H2,1-3H3.